The van der Waals surface area contributed by atoms with E-state index in [0.29, 0.717) is 31.9 Å². The van der Waals surface area contributed by atoms with Crippen molar-refractivity contribution in [1.82, 2.24) is 14.7 Å². The molecule has 0 saturated carbocycles. The Labute approximate surface area is 159 Å². The summed E-state index contributed by atoms with van der Waals surface area (Å²) in [7, 11) is 0. The van der Waals surface area contributed by atoms with Crippen LogP contribution < -0.4 is 5.32 Å². The van der Waals surface area contributed by atoms with Gasteiger partial charge in [-0.25, -0.2) is 4.79 Å². The predicted molar refractivity (Wildman–Crippen MR) is 102 cm³/mol. The first-order valence-corrected chi connectivity index (χ1v) is 9.46. The normalized spacial score (nSPS) is 27.9. The molecule has 0 bridgehead atoms. The average Bonchev–Trinajstić information content (AvgIpc) is 3.22. The van der Waals surface area contributed by atoms with Gasteiger partial charge in [0.05, 0.1) is 37.2 Å². The van der Waals surface area contributed by atoms with E-state index in [1.54, 1.807) is 6.20 Å². The first kappa shape index (κ1) is 18.0. The van der Waals surface area contributed by atoms with Gasteiger partial charge < -0.3 is 19.7 Å². The average molecular weight is 370 g/mol. The summed E-state index contributed by atoms with van der Waals surface area (Å²) in [6.45, 7) is 6.48. The molecule has 1 N–H and O–H groups in total. The van der Waals surface area contributed by atoms with Crippen LogP contribution in [0.2, 0.25) is 0 Å². The fourth-order valence-corrected chi connectivity index (χ4v) is 3.94. The molecule has 2 fully saturated rings. The lowest BCUT2D eigenvalue weighted by molar-refractivity contribution is -0.159. The fourth-order valence-electron chi connectivity index (χ4n) is 3.94. The minimum atomic E-state index is -0.396. The van der Waals surface area contributed by atoms with Crippen molar-refractivity contribution >= 4 is 11.7 Å². The third kappa shape index (κ3) is 3.84. The second-order valence-corrected chi connectivity index (χ2v) is 7.48. The quantitative estimate of drug-likeness (QED) is 0.902. The van der Waals surface area contributed by atoms with Crippen molar-refractivity contribution in [3.05, 3.63) is 48.3 Å². The van der Waals surface area contributed by atoms with E-state index in [1.165, 1.54) is 0 Å². The molecule has 2 saturated heterocycles. The molecule has 2 aromatic rings. The van der Waals surface area contributed by atoms with E-state index in [4.69, 9.17) is 9.47 Å². The molecular weight excluding hydrogens is 344 g/mol. The van der Waals surface area contributed by atoms with Crippen molar-refractivity contribution < 1.29 is 14.3 Å². The first-order valence-electron chi connectivity index (χ1n) is 9.46. The van der Waals surface area contributed by atoms with Crippen LogP contribution in [-0.4, -0.2) is 58.2 Å². The molecule has 7 nitrogen and oxygen atoms in total. The molecule has 1 spiro atoms. The first-order chi connectivity index (χ1) is 13.0. The smallest absolute Gasteiger partial charge is 0.322 e. The second-order valence-electron chi connectivity index (χ2n) is 7.48. The highest BCUT2D eigenvalue weighted by molar-refractivity contribution is 5.89. The van der Waals surface area contributed by atoms with Crippen LogP contribution in [0.25, 0.3) is 0 Å². The Hall–Kier alpha value is -2.38. The Morgan fingerprint density at radius 2 is 2.15 bits per heavy atom. The van der Waals surface area contributed by atoms with E-state index < -0.39 is 5.60 Å². The highest BCUT2D eigenvalue weighted by atomic mass is 16.6. The Kier molecular flexibility index (Phi) is 4.88. The lowest BCUT2D eigenvalue weighted by atomic mass is 9.93. The topological polar surface area (TPSA) is 68.6 Å². The molecule has 4 rings (SSSR count). The van der Waals surface area contributed by atoms with Crippen LogP contribution >= 0.6 is 0 Å². The maximum Gasteiger partial charge on any atom is 0.322 e. The van der Waals surface area contributed by atoms with Crippen molar-refractivity contribution in [2.24, 2.45) is 0 Å². The van der Waals surface area contributed by atoms with Gasteiger partial charge in [0.2, 0.25) is 0 Å². The molecule has 3 heterocycles. The Morgan fingerprint density at radius 3 is 2.89 bits per heavy atom. The van der Waals surface area contributed by atoms with Gasteiger partial charge in [-0.1, -0.05) is 30.3 Å². The predicted octanol–water partition coefficient (Wildman–Crippen LogP) is 2.73. The number of anilines is 1. The summed E-state index contributed by atoms with van der Waals surface area (Å²) >= 11 is 0. The molecule has 0 radical (unpaired) electrons. The van der Waals surface area contributed by atoms with Crippen LogP contribution in [0.4, 0.5) is 10.5 Å². The minimum Gasteiger partial charge on any atom is -0.375 e. The monoisotopic (exact) mass is 370 g/mol. The number of urea groups is 1. The summed E-state index contributed by atoms with van der Waals surface area (Å²) in [5, 5.41) is 7.31. The van der Waals surface area contributed by atoms with Gasteiger partial charge in [0.15, 0.2) is 0 Å². The maximum absolute atomic E-state index is 12.8. The highest BCUT2D eigenvalue weighted by Gasteiger charge is 2.48. The van der Waals surface area contributed by atoms with Gasteiger partial charge in [-0.05, 0) is 19.4 Å². The number of carbonyl (C=O) groups is 1. The van der Waals surface area contributed by atoms with Gasteiger partial charge in [-0.15, -0.1) is 0 Å². The number of carbonyl (C=O) groups excluding carboxylic acids is 1. The number of nitrogens with one attached hydrogen (secondary N) is 1. The number of amides is 2. The van der Waals surface area contributed by atoms with Crippen LogP contribution in [0.1, 0.15) is 25.8 Å². The van der Waals surface area contributed by atoms with Gasteiger partial charge in [0, 0.05) is 25.8 Å². The highest BCUT2D eigenvalue weighted by Crippen LogP contribution is 2.35. The summed E-state index contributed by atoms with van der Waals surface area (Å²) in [5.41, 5.74) is 1.46. The lowest BCUT2D eigenvalue weighted by Crippen LogP contribution is -2.60. The minimum absolute atomic E-state index is 0.0100. The van der Waals surface area contributed by atoms with Crippen LogP contribution in [0.5, 0.6) is 0 Å². The zero-order valence-electron chi connectivity index (χ0n) is 15.8. The Morgan fingerprint density at radius 1 is 1.33 bits per heavy atom. The zero-order chi connectivity index (χ0) is 18.9. The fraction of sp³-hybridized carbons (Fsp3) is 0.500. The summed E-state index contributed by atoms with van der Waals surface area (Å²) < 4.78 is 13.7. The molecule has 2 aliphatic rings. The van der Waals surface area contributed by atoms with E-state index in [1.807, 2.05) is 47.8 Å². The molecule has 2 amide bonds. The van der Waals surface area contributed by atoms with Gasteiger partial charge in [0.25, 0.3) is 0 Å². The molecule has 144 valence electrons. The standard InChI is InChI=1S/C20H26N4O3/c1-15-11-23(14-20(27-15)8-9-26-16(20)2)19(25)22-18-10-21-24(13-18)12-17-6-4-3-5-7-17/h3-7,10,13,15-16H,8-9,11-12,14H2,1-2H3,(H,22,25). The SMILES string of the molecule is CC1CN(C(=O)Nc2cnn(Cc3ccccc3)c2)CC2(CCOC2C)O1. The number of nitrogens with zero attached hydrogens (tertiary/aromatic N) is 3. The van der Waals surface area contributed by atoms with E-state index >= 15 is 0 Å². The summed E-state index contributed by atoms with van der Waals surface area (Å²) in [5.74, 6) is 0. The van der Waals surface area contributed by atoms with Crippen molar-refractivity contribution in [1.29, 1.82) is 0 Å². The van der Waals surface area contributed by atoms with Gasteiger partial charge in [-0.3, -0.25) is 4.68 Å². The number of rotatable bonds is 3. The summed E-state index contributed by atoms with van der Waals surface area (Å²) in [6.07, 6.45) is 4.32. The third-order valence-electron chi connectivity index (χ3n) is 5.36. The van der Waals surface area contributed by atoms with Crippen LogP contribution in [0.15, 0.2) is 42.7 Å². The largest absolute Gasteiger partial charge is 0.375 e. The second kappa shape index (κ2) is 7.32. The Bertz CT molecular complexity index is 794. The number of hydrogen-bond donors (Lipinski definition) is 1. The Balaban J connectivity index is 1.40. The van der Waals surface area contributed by atoms with Crippen molar-refractivity contribution in [3.63, 3.8) is 0 Å². The van der Waals surface area contributed by atoms with Crippen LogP contribution in [0.3, 0.4) is 0 Å². The molecule has 27 heavy (non-hydrogen) atoms. The van der Waals surface area contributed by atoms with E-state index in [0.717, 1.165) is 12.0 Å². The van der Waals surface area contributed by atoms with E-state index in [-0.39, 0.29) is 18.2 Å². The number of morpholine rings is 1. The van der Waals surface area contributed by atoms with Crippen molar-refractivity contribution in [2.75, 3.05) is 25.0 Å². The molecule has 1 aromatic carbocycles. The number of aromatic nitrogens is 2. The maximum atomic E-state index is 12.8. The van der Waals surface area contributed by atoms with Crippen LogP contribution in [-0.2, 0) is 16.0 Å². The number of ether oxygens (including phenoxy) is 2. The third-order valence-corrected chi connectivity index (χ3v) is 5.36. The molecular formula is C20H26N4O3. The zero-order valence-corrected chi connectivity index (χ0v) is 15.8. The van der Waals surface area contributed by atoms with Crippen LogP contribution in [0, 0.1) is 0 Å². The van der Waals surface area contributed by atoms with E-state index in [9.17, 15) is 4.79 Å². The summed E-state index contributed by atoms with van der Waals surface area (Å²) in [4.78, 5) is 14.6. The summed E-state index contributed by atoms with van der Waals surface area (Å²) in [6, 6.07) is 9.99. The number of hydrogen-bond acceptors (Lipinski definition) is 4. The molecule has 0 aliphatic carbocycles. The molecule has 3 atom stereocenters. The van der Waals surface area contributed by atoms with Crippen molar-refractivity contribution in [3.8, 4) is 0 Å². The molecule has 3 unspecified atom stereocenters. The van der Waals surface area contributed by atoms with Gasteiger partial charge in [-0.2, -0.15) is 5.10 Å². The molecule has 7 heteroatoms. The lowest BCUT2D eigenvalue weighted by Gasteiger charge is -2.44. The van der Waals surface area contributed by atoms with E-state index in [2.05, 4.69) is 22.5 Å². The van der Waals surface area contributed by atoms with Gasteiger partial charge >= 0.3 is 6.03 Å². The number of benzene rings is 1. The van der Waals surface area contributed by atoms with Gasteiger partial charge in [0.1, 0.15) is 5.60 Å². The van der Waals surface area contributed by atoms with Crippen molar-refractivity contribution in [2.45, 2.75) is 44.6 Å². The molecule has 2 aliphatic heterocycles. The molecule has 1 aromatic heterocycles.